The van der Waals surface area contributed by atoms with Gasteiger partial charge in [-0.05, 0) is 30.0 Å². The van der Waals surface area contributed by atoms with Gasteiger partial charge in [0.15, 0.2) is 0 Å². The van der Waals surface area contributed by atoms with Gasteiger partial charge in [0.2, 0.25) is 0 Å². The molecule has 0 aromatic heterocycles. The second kappa shape index (κ2) is 5.73. The second-order valence-corrected chi connectivity index (χ2v) is 5.72. The molecule has 0 amide bonds. The quantitative estimate of drug-likeness (QED) is 0.897. The van der Waals surface area contributed by atoms with E-state index in [1.807, 2.05) is 12.1 Å². The summed E-state index contributed by atoms with van der Waals surface area (Å²) in [5.41, 5.74) is 2.11. The Morgan fingerprint density at radius 2 is 2.11 bits per heavy atom. The van der Waals surface area contributed by atoms with E-state index >= 15 is 0 Å². The number of hydrogen-bond donors (Lipinski definition) is 1. The molecular weight excluding hydrogens is 234 g/mol. The zero-order valence-corrected chi connectivity index (χ0v) is 11.3. The summed E-state index contributed by atoms with van der Waals surface area (Å²) in [5, 5.41) is 12.5. The van der Waals surface area contributed by atoms with Gasteiger partial charge in [0.1, 0.15) is 0 Å². The Morgan fingerprint density at radius 1 is 1.32 bits per heavy atom. The lowest BCUT2D eigenvalue weighted by Gasteiger charge is -2.35. The van der Waals surface area contributed by atoms with E-state index in [0.29, 0.717) is 6.04 Å². The first-order valence-corrected chi connectivity index (χ1v) is 7.31. The number of nitriles is 1. The summed E-state index contributed by atoms with van der Waals surface area (Å²) in [4.78, 5) is 2.59. The van der Waals surface area contributed by atoms with Crippen LogP contribution in [0.1, 0.15) is 36.4 Å². The minimum atomic E-state index is 0.503. The van der Waals surface area contributed by atoms with Gasteiger partial charge in [0.05, 0.1) is 11.6 Å². The van der Waals surface area contributed by atoms with Crippen LogP contribution >= 0.6 is 0 Å². The van der Waals surface area contributed by atoms with Crippen molar-refractivity contribution in [3.63, 3.8) is 0 Å². The number of nitrogens with one attached hydrogen (secondary N) is 1. The average molecular weight is 255 g/mol. The van der Waals surface area contributed by atoms with Gasteiger partial charge in [-0.1, -0.05) is 25.0 Å². The molecule has 1 saturated heterocycles. The van der Waals surface area contributed by atoms with Gasteiger partial charge < -0.3 is 5.32 Å². The molecule has 1 aliphatic carbocycles. The lowest BCUT2D eigenvalue weighted by Crippen LogP contribution is -2.45. The Morgan fingerprint density at radius 3 is 2.79 bits per heavy atom. The van der Waals surface area contributed by atoms with Crippen LogP contribution in [-0.2, 0) is 0 Å². The molecule has 0 spiro atoms. The molecule has 1 aliphatic heterocycles. The predicted octanol–water partition coefficient (Wildman–Crippen LogP) is 2.30. The van der Waals surface area contributed by atoms with Crippen molar-refractivity contribution in [2.45, 2.75) is 25.3 Å². The van der Waals surface area contributed by atoms with E-state index in [1.165, 1.54) is 24.8 Å². The molecule has 1 atom stereocenters. The van der Waals surface area contributed by atoms with Crippen molar-refractivity contribution in [1.82, 2.24) is 10.2 Å². The Hall–Kier alpha value is -1.37. The molecule has 3 heteroatoms. The normalized spacial score (nSPS) is 21.8. The van der Waals surface area contributed by atoms with Crippen molar-refractivity contribution in [1.29, 1.82) is 5.26 Å². The first kappa shape index (κ1) is 12.7. The minimum absolute atomic E-state index is 0.503. The molecule has 1 aromatic rings. The van der Waals surface area contributed by atoms with E-state index in [2.05, 4.69) is 28.4 Å². The number of piperazine rings is 1. The van der Waals surface area contributed by atoms with Crippen molar-refractivity contribution < 1.29 is 0 Å². The SMILES string of the molecule is N#Cc1cccc([C@@H](CC2CC2)N2CCNCC2)c1. The molecular formula is C16H21N3. The monoisotopic (exact) mass is 255 g/mol. The van der Waals surface area contributed by atoms with Gasteiger partial charge in [-0.25, -0.2) is 0 Å². The predicted molar refractivity (Wildman–Crippen MR) is 75.7 cm³/mol. The number of nitrogens with zero attached hydrogens (tertiary/aromatic N) is 2. The molecule has 2 fully saturated rings. The second-order valence-electron chi connectivity index (χ2n) is 5.72. The number of benzene rings is 1. The third kappa shape index (κ3) is 3.15. The molecule has 0 radical (unpaired) electrons. The fourth-order valence-electron chi connectivity index (χ4n) is 2.97. The fourth-order valence-corrected chi connectivity index (χ4v) is 2.97. The van der Waals surface area contributed by atoms with Gasteiger partial charge >= 0.3 is 0 Å². The van der Waals surface area contributed by atoms with E-state index in [-0.39, 0.29) is 0 Å². The molecule has 19 heavy (non-hydrogen) atoms. The standard InChI is InChI=1S/C16H21N3/c17-12-14-2-1-3-15(10-14)16(11-13-4-5-13)19-8-6-18-7-9-19/h1-3,10,13,16,18H,4-9,11H2/t16-/m1/s1. The van der Waals surface area contributed by atoms with Crippen molar-refractivity contribution in [2.24, 2.45) is 5.92 Å². The minimum Gasteiger partial charge on any atom is -0.314 e. The van der Waals surface area contributed by atoms with Gasteiger partial charge in [0.25, 0.3) is 0 Å². The molecule has 0 bridgehead atoms. The summed E-state index contributed by atoms with van der Waals surface area (Å²) in [6, 6.07) is 11.0. The molecule has 1 heterocycles. The molecule has 3 nitrogen and oxygen atoms in total. The van der Waals surface area contributed by atoms with Gasteiger partial charge in [-0.15, -0.1) is 0 Å². The largest absolute Gasteiger partial charge is 0.314 e. The maximum Gasteiger partial charge on any atom is 0.0991 e. The van der Waals surface area contributed by atoms with E-state index < -0.39 is 0 Å². The van der Waals surface area contributed by atoms with E-state index in [0.717, 1.165) is 37.7 Å². The Bertz CT molecular complexity index is 467. The first-order chi connectivity index (χ1) is 9.36. The fraction of sp³-hybridized carbons (Fsp3) is 0.562. The van der Waals surface area contributed by atoms with Crippen LogP contribution in [0.15, 0.2) is 24.3 Å². The highest BCUT2D eigenvalue weighted by molar-refractivity contribution is 5.34. The Balaban J connectivity index is 1.81. The van der Waals surface area contributed by atoms with Crippen molar-refractivity contribution in [3.05, 3.63) is 35.4 Å². The summed E-state index contributed by atoms with van der Waals surface area (Å²) >= 11 is 0. The molecule has 3 rings (SSSR count). The highest BCUT2D eigenvalue weighted by Gasteiger charge is 2.30. The Kier molecular flexibility index (Phi) is 3.82. The molecule has 100 valence electrons. The molecule has 1 aromatic carbocycles. The van der Waals surface area contributed by atoms with Crippen LogP contribution in [0.25, 0.3) is 0 Å². The lowest BCUT2D eigenvalue weighted by atomic mass is 9.97. The van der Waals surface area contributed by atoms with Crippen LogP contribution in [0, 0.1) is 17.2 Å². The number of hydrogen-bond acceptors (Lipinski definition) is 3. The molecule has 1 N–H and O–H groups in total. The smallest absolute Gasteiger partial charge is 0.0991 e. The summed E-state index contributed by atoms with van der Waals surface area (Å²) in [5.74, 6) is 0.908. The van der Waals surface area contributed by atoms with Crippen LogP contribution in [0.4, 0.5) is 0 Å². The summed E-state index contributed by atoms with van der Waals surface area (Å²) in [7, 11) is 0. The average Bonchev–Trinajstić information content (AvgIpc) is 3.30. The van der Waals surface area contributed by atoms with Gasteiger partial charge in [-0.3, -0.25) is 4.90 Å². The third-order valence-electron chi connectivity index (χ3n) is 4.25. The summed E-state index contributed by atoms with van der Waals surface area (Å²) in [6.45, 7) is 4.40. The van der Waals surface area contributed by atoms with Crippen molar-refractivity contribution in [3.8, 4) is 6.07 Å². The van der Waals surface area contributed by atoms with E-state index in [1.54, 1.807) is 0 Å². The van der Waals surface area contributed by atoms with Crippen molar-refractivity contribution >= 4 is 0 Å². The number of rotatable bonds is 4. The van der Waals surface area contributed by atoms with Crippen molar-refractivity contribution in [2.75, 3.05) is 26.2 Å². The molecule has 0 unspecified atom stereocenters. The first-order valence-electron chi connectivity index (χ1n) is 7.31. The van der Waals surface area contributed by atoms with E-state index in [9.17, 15) is 0 Å². The Labute approximate surface area is 115 Å². The maximum atomic E-state index is 9.07. The highest BCUT2D eigenvalue weighted by atomic mass is 15.2. The van der Waals surface area contributed by atoms with E-state index in [4.69, 9.17) is 5.26 Å². The zero-order chi connectivity index (χ0) is 13.1. The summed E-state index contributed by atoms with van der Waals surface area (Å²) < 4.78 is 0. The highest BCUT2D eigenvalue weighted by Crippen LogP contribution is 2.40. The molecule has 2 aliphatic rings. The lowest BCUT2D eigenvalue weighted by molar-refractivity contribution is 0.160. The third-order valence-corrected chi connectivity index (χ3v) is 4.25. The maximum absolute atomic E-state index is 9.07. The van der Waals surface area contributed by atoms with Gasteiger partial charge in [-0.2, -0.15) is 5.26 Å². The van der Waals surface area contributed by atoms with Crippen LogP contribution in [0.2, 0.25) is 0 Å². The topological polar surface area (TPSA) is 39.1 Å². The van der Waals surface area contributed by atoms with Crippen LogP contribution in [0.3, 0.4) is 0 Å². The van der Waals surface area contributed by atoms with Crippen LogP contribution < -0.4 is 5.32 Å². The summed E-state index contributed by atoms with van der Waals surface area (Å²) in [6.07, 6.45) is 4.04. The molecule has 1 saturated carbocycles. The zero-order valence-electron chi connectivity index (χ0n) is 11.3. The van der Waals surface area contributed by atoms with Crippen LogP contribution in [-0.4, -0.2) is 31.1 Å². The van der Waals surface area contributed by atoms with Crippen LogP contribution in [0.5, 0.6) is 0 Å². The van der Waals surface area contributed by atoms with Gasteiger partial charge in [0, 0.05) is 32.2 Å².